The third-order valence-electron chi connectivity index (χ3n) is 5.71. The first-order valence-electron chi connectivity index (χ1n) is 8.97. The second kappa shape index (κ2) is 6.12. The highest BCUT2D eigenvalue weighted by Gasteiger charge is 2.43. The molecule has 2 aliphatic rings. The lowest BCUT2D eigenvalue weighted by Crippen LogP contribution is -2.33. The number of carboxylic acid groups (broad SMARTS) is 1. The summed E-state index contributed by atoms with van der Waals surface area (Å²) in [5.74, 6) is -0.587. The number of fused-ring (bicyclic) bond motifs is 4. The van der Waals surface area contributed by atoms with Crippen molar-refractivity contribution in [2.45, 2.75) is 32.3 Å². The van der Waals surface area contributed by atoms with Crippen LogP contribution >= 0.6 is 0 Å². The molecule has 1 atom stereocenters. The third kappa shape index (κ3) is 2.41. The molecule has 1 aliphatic carbocycles. The molecule has 1 saturated carbocycles. The molecule has 1 heterocycles. The molecule has 0 spiro atoms. The fourth-order valence-corrected chi connectivity index (χ4v) is 4.20. The minimum atomic E-state index is -1.24. The summed E-state index contributed by atoms with van der Waals surface area (Å²) in [6.07, 6.45) is 4.33. The fraction of sp³-hybridized carbons (Fsp3) is 0.273. The number of aromatic carboxylic acids is 1. The Kier molecular flexibility index (Phi) is 3.96. The number of rotatable bonds is 3. The standard InChI is InChI=1S/C22H20O6/c1-11(10-23)12-6-7-22(2)16(12)8-14-17(28-22)5-4-13-19(14)18(27-3)9-15(20(13)24)21(25)26/h4-5,8-10,24H,6-7H2,1-3H3,(H,25,26)/b12-11-. The molecule has 6 heteroatoms. The van der Waals surface area contributed by atoms with Gasteiger partial charge in [0.2, 0.25) is 0 Å². The monoisotopic (exact) mass is 380 g/mol. The summed E-state index contributed by atoms with van der Waals surface area (Å²) in [5.41, 5.74) is 2.51. The van der Waals surface area contributed by atoms with Crippen LogP contribution in [0.25, 0.3) is 16.8 Å². The molecule has 0 amide bonds. The lowest BCUT2D eigenvalue weighted by atomic mass is 9.88. The van der Waals surface area contributed by atoms with E-state index in [2.05, 4.69) is 0 Å². The van der Waals surface area contributed by atoms with Crippen LogP contribution in [0.2, 0.25) is 0 Å². The lowest BCUT2D eigenvalue weighted by Gasteiger charge is -2.33. The van der Waals surface area contributed by atoms with E-state index >= 15 is 0 Å². The van der Waals surface area contributed by atoms with E-state index in [-0.39, 0.29) is 11.3 Å². The summed E-state index contributed by atoms with van der Waals surface area (Å²) in [4.78, 5) is 22.8. The van der Waals surface area contributed by atoms with Gasteiger partial charge < -0.3 is 19.7 Å². The van der Waals surface area contributed by atoms with Gasteiger partial charge in [-0.15, -0.1) is 0 Å². The molecule has 2 aromatic carbocycles. The number of aldehydes is 1. The second-order valence-electron chi connectivity index (χ2n) is 7.35. The van der Waals surface area contributed by atoms with Gasteiger partial charge in [-0.25, -0.2) is 4.79 Å². The molecule has 2 N–H and O–H groups in total. The van der Waals surface area contributed by atoms with E-state index in [0.717, 1.165) is 30.3 Å². The van der Waals surface area contributed by atoms with Crippen molar-refractivity contribution in [2.75, 3.05) is 7.11 Å². The van der Waals surface area contributed by atoms with Gasteiger partial charge in [-0.3, -0.25) is 4.79 Å². The van der Waals surface area contributed by atoms with Crippen LogP contribution in [-0.2, 0) is 4.79 Å². The summed E-state index contributed by atoms with van der Waals surface area (Å²) >= 11 is 0. The fourth-order valence-electron chi connectivity index (χ4n) is 4.20. The van der Waals surface area contributed by atoms with E-state index < -0.39 is 11.6 Å². The predicted octanol–water partition coefficient (Wildman–Crippen LogP) is 4.10. The van der Waals surface area contributed by atoms with E-state index in [9.17, 15) is 19.8 Å². The average molecular weight is 380 g/mol. The number of ether oxygens (including phenoxy) is 2. The van der Waals surface area contributed by atoms with Crippen LogP contribution in [0.1, 0.15) is 42.6 Å². The van der Waals surface area contributed by atoms with Crippen molar-refractivity contribution < 1.29 is 29.3 Å². The van der Waals surface area contributed by atoms with Crippen molar-refractivity contribution in [1.82, 2.24) is 0 Å². The van der Waals surface area contributed by atoms with Crippen LogP contribution < -0.4 is 9.47 Å². The van der Waals surface area contributed by atoms with Crippen LogP contribution in [0.4, 0.5) is 0 Å². The zero-order valence-corrected chi connectivity index (χ0v) is 15.8. The Bertz CT molecular complexity index is 1110. The first-order valence-corrected chi connectivity index (χ1v) is 8.97. The molecular formula is C22H20O6. The number of hydrogen-bond donors (Lipinski definition) is 2. The van der Waals surface area contributed by atoms with Crippen LogP contribution in [0.3, 0.4) is 0 Å². The Hall–Kier alpha value is -3.28. The maximum atomic E-state index is 11.5. The van der Waals surface area contributed by atoms with E-state index in [1.165, 1.54) is 13.2 Å². The van der Waals surface area contributed by atoms with Gasteiger partial charge in [0.25, 0.3) is 0 Å². The van der Waals surface area contributed by atoms with Gasteiger partial charge in [-0.2, -0.15) is 0 Å². The molecule has 0 aromatic heterocycles. The number of phenols is 1. The maximum absolute atomic E-state index is 11.5. The van der Waals surface area contributed by atoms with E-state index in [4.69, 9.17) is 9.47 Å². The normalized spacial score (nSPS) is 22.0. The number of carbonyl (C=O) groups is 2. The molecule has 144 valence electrons. The second-order valence-corrected chi connectivity index (χ2v) is 7.35. The highest BCUT2D eigenvalue weighted by molar-refractivity contribution is 6.07. The number of benzene rings is 2. The smallest absolute Gasteiger partial charge is 0.339 e. The first kappa shape index (κ1) is 18.1. The van der Waals surface area contributed by atoms with Crippen molar-refractivity contribution in [3.05, 3.63) is 46.0 Å². The molecule has 0 bridgehead atoms. The van der Waals surface area contributed by atoms with E-state index in [1.54, 1.807) is 19.1 Å². The molecule has 1 fully saturated rings. The van der Waals surface area contributed by atoms with Crippen LogP contribution in [0.5, 0.6) is 17.2 Å². The molecule has 1 unspecified atom stereocenters. The third-order valence-corrected chi connectivity index (χ3v) is 5.71. The number of carboxylic acids is 1. The summed E-state index contributed by atoms with van der Waals surface area (Å²) in [7, 11) is 1.45. The van der Waals surface area contributed by atoms with Gasteiger partial charge in [-0.1, -0.05) is 0 Å². The van der Waals surface area contributed by atoms with Crippen molar-refractivity contribution in [2.24, 2.45) is 0 Å². The maximum Gasteiger partial charge on any atom is 0.339 e. The van der Waals surface area contributed by atoms with Gasteiger partial charge in [0.05, 0.1) is 7.11 Å². The number of methoxy groups -OCH3 is 1. The summed E-state index contributed by atoms with van der Waals surface area (Å²) < 4.78 is 11.8. The van der Waals surface area contributed by atoms with Gasteiger partial charge >= 0.3 is 5.97 Å². The first-order chi connectivity index (χ1) is 13.3. The molecule has 6 nitrogen and oxygen atoms in total. The topological polar surface area (TPSA) is 93.1 Å². The summed E-state index contributed by atoms with van der Waals surface area (Å²) in [6, 6.07) is 4.69. The van der Waals surface area contributed by atoms with Crippen molar-refractivity contribution in [3.8, 4) is 17.2 Å². The van der Waals surface area contributed by atoms with Crippen LogP contribution in [0.15, 0.2) is 34.9 Å². The SMILES string of the molecule is COc1cc(C(=O)O)c(O)c2ccc3c(c12)C=C1/C(=C(/C)C=O)CCC1(C)O3. The Morgan fingerprint density at radius 1 is 1.36 bits per heavy atom. The van der Waals surface area contributed by atoms with Crippen molar-refractivity contribution >= 4 is 29.1 Å². The highest BCUT2D eigenvalue weighted by Crippen LogP contribution is 2.51. The van der Waals surface area contributed by atoms with E-state index in [0.29, 0.717) is 33.4 Å². The Labute approximate surface area is 161 Å². The number of aromatic hydroxyl groups is 1. The molecule has 28 heavy (non-hydrogen) atoms. The lowest BCUT2D eigenvalue weighted by molar-refractivity contribution is -0.104. The Balaban J connectivity index is 2.07. The molecule has 4 rings (SSSR count). The molecule has 0 saturated heterocycles. The Morgan fingerprint density at radius 2 is 2.11 bits per heavy atom. The average Bonchev–Trinajstić information content (AvgIpc) is 3.01. The quantitative estimate of drug-likeness (QED) is 0.615. The van der Waals surface area contributed by atoms with E-state index in [1.807, 2.05) is 13.0 Å². The summed E-state index contributed by atoms with van der Waals surface area (Å²) in [6.45, 7) is 3.79. The van der Waals surface area contributed by atoms with Crippen molar-refractivity contribution in [3.63, 3.8) is 0 Å². The minimum Gasteiger partial charge on any atom is -0.506 e. The Morgan fingerprint density at radius 3 is 2.75 bits per heavy atom. The molecular weight excluding hydrogens is 360 g/mol. The zero-order valence-electron chi connectivity index (χ0n) is 15.8. The number of carbonyl (C=O) groups excluding carboxylic acids is 1. The minimum absolute atomic E-state index is 0.225. The highest BCUT2D eigenvalue weighted by atomic mass is 16.5. The number of hydrogen-bond acceptors (Lipinski definition) is 5. The predicted molar refractivity (Wildman–Crippen MR) is 104 cm³/mol. The zero-order chi connectivity index (χ0) is 20.2. The summed E-state index contributed by atoms with van der Waals surface area (Å²) in [5, 5.41) is 20.8. The van der Waals surface area contributed by atoms with Gasteiger partial charge in [0.1, 0.15) is 34.7 Å². The largest absolute Gasteiger partial charge is 0.506 e. The van der Waals surface area contributed by atoms with Crippen LogP contribution in [-0.4, -0.2) is 35.2 Å². The molecule has 1 aliphatic heterocycles. The molecule has 0 radical (unpaired) electrons. The van der Waals surface area contributed by atoms with Gasteiger partial charge in [0.15, 0.2) is 0 Å². The van der Waals surface area contributed by atoms with Crippen LogP contribution in [0, 0.1) is 0 Å². The van der Waals surface area contributed by atoms with Crippen molar-refractivity contribution in [1.29, 1.82) is 0 Å². The number of allylic oxidation sites excluding steroid dienone is 1. The van der Waals surface area contributed by atoms with Gasteiger partial charge in [0, 0.05) is 16.3 Å². The van der Waals surface area contributed by atoms with Gasteiger partial charge in [-0.05, 0) is 67.7 Å². The molecule has 2 aromatic rings.